The number of carbonyl (C=O) groups is 1. The van der Waals surface area contributed by atoms with Crippen molar-refractivity contribution in [2.24, 2.45) is 7.05 Å². The number of halogens is 1. The number of pyridine rings is 1. The zero-order chi connectivity index (χ0) is 22.9. The fourth-order valence-electron chi connectivity index (χ4n) is 4.20. The van der Waals surface area contributed by atoms with Gasteiger partial charge in [-0.1, -0.05) is 12.1 Å². The molecule has 168 valence electrons. The highest BCUT2D eigenvalue weighted by Crippen LogP contribution is 2.35. The van der Waals surface area contributed by atoms with Gasteiger partial charge in [0.15, 0.2) is 0 Å². The minimum Gasteiger partial charge on any atom is -0.365 e. The third-order valence-electron chi connectivity index (χ3n) is 6.37. The number of hydrogen-bond donors (Lipinski definition) is 1. The second-order valence-electron chi connectivity index (χ2n) is 9.09. The molecule has 1 N–H and O–H groups in total. The number of carbonyl (C=O) groups excluding carboxylic acids is 1. The van der Waals surface area contributed by atoms with Crippen LogP contribution in [0.2, 0.25) is 0 Å². The van der Waals surface area contributed by atoms with Crippen LogP contribution in [0.25, 0.3) is 11.1 Å². The van der Waals surface area contributed by atoms with Crippen LogP contribution < -0.4 is 5.32 Å². The normalized spacial score (nSPS) is 17.5. The van der Waals surface area contributed by atoms with Gasteiger partial charge in [0.05, 0.1) is 12.6 Å². The predicted octanol–water partition coefficient (Wildman–Crippen LogP) is 4.14. The van der Waals surface area contributed by atoms with E-state index in [-0.39, 0.29) is 23.7 Å². The van der Waals surface area contributed by atoms with Crippen LogP contribution in [0.15, 0.2) is 42.7 Å². The number of amides is 1. The molecule has 0 spiro atoms. The van der Waals surface area contributed by atoms with Crippen LogP contribution in [0.5, 0.6) is 0 Å². The molecule has 32 heavy (non-hydrogen) atoms. The van der Waals surface area contributed by atoms with Crippen molar-refractivity contribution in [3.05, 3.63) is 65.4 Å². The molecule has 1 amide bonds. The van der Waals surface area contributed by atoms with Gasteiger partial charge in [-0.15, -0.1) is 0 Å². The van der Waals surface area contributed by atoms with Gasteiger partial charge in [-0.2, -0.15) is 5.10 Å². The maximum absolute atomic E-state index is 13.1. The monoisotopic (exact) mass is 435 g/mol. The van der Waals surface area contributed by atoms with Crippen LogP contribution in [0.4, 0.5) is 10.2 Å². The molecule has 1 aromatic carbocycles. The smallest absolute Gasteiger partial charge is 0.226 e. The van der Waals surface area contributed by atoms with Gasteiger partial charge in [0.2, 0.25) is 5.91 Å². The van der Waals surface area contributed by atoms with Crippen molar-refractivity contribution in [3.63, 3.8) is 0 Å². The molecule has 6 nitrogen and oxygen atoms in total. The molecule has 0 bridgehead atoms. The Labute approximate surface area is 188 Å². The molecule has 7 heteroatoms. The first kappa shape index (κ1) is 22.0. The van der Waals surface area contributed by atoms with Gasteiger partial charge in [0.25, 0.3) is 0 Å². The molecule has 0 fully saturated rings. The summed E-state index contributed by atoms with van der Waals surface area (Å²) in [4.78, 5) is 19.2. The van der Waals surface area contributed by atoms with E-state index in [9.17, 15) is 9.18 Å². The van der Waals surface area contributed by atoms with Crippen molar-refractivity contribution in [1.29, 1.82) is 0 Å². The lowest BCUT2D eigenvalue weighted by Crippen LogP contribution is -2.43. The molecule has 0 saturated heterocycles. The molecule has 0 radical (unpaired) electrons. The lowest BCUT2D eigenvalue weighted by molar-refractivity contribution is -0.129. The van der Waals surface area contributed by atoms with Gasteiger partial charge in [0, 0.05) is 49.2 Å². The molecule has 0 saturated carbocycles. The van der Waals surface area contributed by atoms with Crippen LogP contribution >= 0.6 is 0 Å². The van der Waals surface area contributed by atoms with E-state index in [1.807, 2.05) is 33.4 Å². The Morgan fingerprint density at radius 3 is 2.75 bits per heavy atom. The SMILES string of the molecule is Cc1nc2c(cc1-c1cnn(C)c1)CC[C@](C)(CCN(C)C(=O)Cc1ccc(F)cc1)N2. The Bertz CT molecular complexity index is 1120. The largest absolute Gasteiger partial charge is 0.365 e. The van der Waals surface area contributed by atoms with Crippen molar-refractivity contribution in [1.82, 2.24) is 19.7 Å². The molecule has 1 atom stereocenters. The van der Waals surface area contributed by atoms with Crippen molar-refractivity contribution >= 4 is 11.7 Å². The van der Waals surface area contributed by atoms with E-state index < -0.39 is 0 Å². The fourth-order valence-corrected chi connectivity index (χ4v) is 4.20. The molecule has 2 aromatic heterocycles. The Hall–Kier alpha value is -3.22. The highest BCUT2D eigenvalue weighted by Gasteiger charge is 2.31. The Morgan fingerprint density at radius 1 is 1.31 bits per heavy atom. The summed E-state index contributed by atoms with van der Waals surface area (Å²) in [6, 6.07) is 8.33. The van der Waals surface area contributed by atoms with Crippen LogP contribution in [-0.2, 0) is 24.7 Å². The van der Waals surface area contributed by atoms with Crippen molar-refractivity contribution in [2.45, 2.75) is 45.1 Å². The van der Waals surface area contributed by atoms with Gasteiger partial charge in [-0.25, -0.2) is 9.37 Å². The molecule has 4 rings (SSSR count). The minimum absolute atomic E-state index is 0.0338. The van der Waals surface area contributed by atoms with Crippen molar-refractivity contribution < 1.29 is 9.18 Å². The summed E-state index contributed by atoms with van der Waals surface area (Å²) >= 11 is 0. The summed E-state index contributed by atoms with van der Waals surface area (Å²) in [6.07, 6.45) is 6.89. The third kappa shape index (κ3) is 4.82. The molecule has 0 unspecified atom stereocenters. The topological polar surface area (TPSA) is 63.1 Å². The van der Waals surface area contributed by atoms with E-state index in [1.165, 1.54) is 17.7 Å². The Morgan fingerprint density at radius 2 is 2.06 bits per heavy atom. The molecule has 0 aliphatic carbocycles. The molecular formula is C25H30FN5O. The van der Waals surface area contributed by atoms with Gasteiger partial charge in [0.1, 0.15) is 11.6 Å². The summed E-state index contributed by atoms with van der Waals surface area (Å²) in [5, 5.41) is 7.92. The highest BCUT2D eigenvalue weighted by atomic mass is 19.1. The summed E-state index contributed by atoms with van der Waals surface area (Å²) in [5.41, 5.74) is 5.08. The van der Waals surface area contributed by atoms with Crippen LogP contribution in [0.1, 0.15) is 36.6 Å². The third-order valence-corrected chi connectivity index (χ3v) is 6.37. The first-order valence-electron chi connectivity index (χ1n) is 11.0. The number of nitrogens with zero attached hydrogens (tertiary/aromatic N) is 4. The first-order valence-corrected chi connectivity index (χ1v) is 11.0. The zero-order valence-corrected chi connectivity index (χ0v) is 19.2. The lowest BCUT2D eigenvalue weighted by Gasteiger charge is -2.38. The average Bonchev–Trinajstić information content (AvgIpc) is 3.19. The number of rotatable bonds is 6. The second kappa shape index (κ2) is 8.73. The fraction of sp³-hybridized carbons (Fsp3) is 0.400. The van der Waals surface area contributed by atoms with Gasteiger partial charge in [-0.3, -0.25) is 9.48 Å². The summed E-state index contributed by atoms with van der Waals surface area (Å²) in [7, 11) is 3.74. The summed E-state index contributed by atoms with van der Waals surface area (Å²) in [6.45, 7) is 4.87. The number of benzene rings is 1. The maximum Gasteiger partial charge on any atom is 0.226 e. The van der Waals surface area contributed by atoms with E-state index in [0.29, 0.717) is 6.54 Å². The van der Waals surface area contributed by atoms with Crippen LogP contribution in [0.3, 0.4) is 0 Å². The predicted molar refractivity (Wildman–Crippen MR) is 124 cm³/mol. The quantitative estimate of drug-likeness (QED) is 0.632. The number of likely N-dealkylation sites (N-methyl/N-ethyl adjacent to an activating group) is 1. The van der Waals surface area contributed by atoms with Gasteiger partial charge in [-0.05, 0) is 62.4 Å². The molecule has 3 heterocycles. The maximum atomic E-state index is 13.1. The second-order valence-corrected chi connectivity index (χ2v) is 9.09. The van der Waals surface area contributed by atoms with Gasteiger partial charge >= 0.3 is 0 Å². The number of fused-ring (bicyclic) bond motifs is 1. The standard InChI is InChI=1S/C25H30FN5O/c1-17-22(20-15-27-31(4)16-20)14-19-9-10-25(2,29-24(19)28-17)11-12-30(3)23(32)13-18-5-7-21(26)8-6-18/h5-8,14-16H,9-13H2,1-4H3,(H,28,29)/t25-/m1/s1. The van der Waals surface area contributed by atoms with Crippen LogP contribution in [-0.4, -0.2) is 44.7 Å². The van der Waals surface area contributed by atoms with E-state index in [1.54, 1.807) is 21.7 Å². The lowest BCUT2D eigenvalue weighted by atomic mass is 9.85. The highest BCUT2D eigenvalue weighted by molar-refractivity contribution is 5.78. The molecule has 3 aromatic rings. The number of aromatic nitrogens is 3. The average molecular weight is 436 g/mol. The van der Waals surface area contributed by atoms with Crippen molar-refractivity contribution in [3.8, 4) is 11.1 Å². The summed E-state index contributed by atoms with van der Waals surface area (Å²) < 4.78 is 14.9. The minimum atomic E-state index is -0.289. The van der Waals surface area contributed by atoms with E-state index in [4.69, 9.17) is 4.98 Å². The first-order chi connectivity index (χ1) is 15.2. The summed E-state index contributed by atoms with van der Waals surface area (Å²) in [5.74, 6) is 0.679. The molecular weight excluding hydrogens is 405 g/mol. The number of aryl methyl sites for hydroxylation is 3. The Balaban J connectivity index is 1.39. The number of hydrogen-bond acceptors (Lipinski definition) is 4. The number of anilines is 1. The molecule has 1 aliphatic heterocycles. The van der Waals surface area contributed by atoms with E-state index in [2.05, 4.69) is 23.4 Å². The van der Waals surface area contributed by atoms with Crippen molar-refractivity contribution in [2.75, 3.05) is 18.9 Å². The van der Waals surface area contributed by atoms with Crippen LogP contribution in [0, 0.1) is 12.7 Å². The van der Waals surface area contributed by atoms with Gasteiger partial charge < -0.3 is 10.2 Å². The number of nitrogens with one attached hydrogen (secondary N) is 1. The zero-order valence-electron chi connectivity index (χ0n) is 19.2. The van der Waals surface area contributed by atoms with E-state index >= 15 is 0 Å². The molecule has 1 aliphatic rings. The van der Waals surface area contributed by atoms with E-state index in [0.717, 1.165) is 47.5 Å². The Kier molecular flexibility index (Phi) is 6.00.